The van der Waals surface area contributed by atoms with Crippen LogP contribution in [0.2, 0.25) is 0 Å². The number of imidazole rings is 1. The number of anilines is 1. The van der Waals surface area contributed by atoms with Crippen molar-refractivity contribution in [1.29, 1.82) is 0 Å². The Morgan fingerprint density at radius 3 is 2.70 bits per heavy atom. The molecule has 6 nitrogen and oxygen atoms in total. The van der Waals surface area contributed by atoms with Crippen LogP contribution >= 0.6 is 0 Å². The van der Waals surface area contributed by atoms with Crippen molar-refractivity contribution in [2.75, 3.05) is 25.1 Å². The third-order valence-corrected chi connectivity index (χ3v) is 4.26. The Bertz CT molecular complexity index is 825. The van der Waals surface area contributed by atoms with Crippen molar-refractivity contribution in [3.05, 3.63) is 59.9 Å². The van der Waals surface area contributed by atoms with E-state index >= 15 is 0 Å². The van der Waals surface area contributed by atoms with Crippen LogP contribution in [0.3, 0.4) is 0 Å². The number of nitrogens with zero attached hydrogens (tertiary/aromatic N) is 1. The second kappa shape index (κ2) is 9.73. The van der Waals surface area contributed by atoms with Crippen LogP contribution < -0.4 is 10.6 Å². The molecular weight excluding hydrogens is 340 g/mol. The van der Waals surface area contributed by atoms with Gasteiger partial charge in [0, 0.05) is 31.9 Å². The summed E-state index contributed by atoms with van der Waals surface area (Å²) in [5.41, 5.74) is 4.06. The number of fused-ring (bicyclic) bond motifs is 1. The number of aromatic nitrogens is 2. The number of carbonyl (C=O) groups is 1. The van der Waals surface area contributed by atoms with Crippen molar-refractivity contribution in [3.8, 4) is 0 Å². The lowest BCUT2D eigenvalue weighted by molar-refractivity contribution is 0.145. The first-order valence-electron chi connectivity index (χ1n) is 9.40. The maximum Gasteiger partial charge on any atom is 0.319 e. The maximum atomic E-state index is 11.9. The van der Waals surface area contributed by atoms with E-state index in [-0.39, 0.29) is 6.03 Å². The molecule has 0 fully saturated rings. The van der Waals surface area contributed by atoms with Gasteiger partial charge in [-0.1, -0.05) is 24.3 Å². The molecule has 0 radical (unpaired) electrons. The van der Waals surface area contributed by atoms with Crippen molar-refractivity contribution in [2.24, 2.45) is 0 Å². The molecule has 2 amide bonds. The zero-order valence-electron chi connectivity index (χ0n) is 15.6. The summed E-state index contributed by atoms with van der Waals surface area (Å²) in [6, 6.07) is 15.8. The SMILES string of the molecule is CCOCCCNC(=O)Nc1ccc(CCc2nc3ccccc3[nH]2)cc1. The first-order chi connectivity index (χ1) is 13.2. The van der Waals surface area contributed by atoms with Gasteiger partial charge in [0.15, 0.2) is 0 Å². The van der Waals surface area contributed by atoms with E-state index in [0.29, 0.717) is 19.8 Å². The second-order valence-electron chi connectivity index (χ2n) is 6.33. The van der Waals surface area contributed by atoms with Gasteiger partial charge < -0.3 is 20.4 Å². The van der Waals surface area contributed by atoms with E-state index in [1.807, 2.05) is 55.5 Å². The number of hydrogen-bond donors (Lipinski definition) is 3. The van der Waals surface area contributed by atoms with Crippen LogP contribution in [0.4, 0.5) is 10.5 Å². The molecule has 3 aromatic rings. The number of nitrogens with one attached hydrogen (secondary N) is 3. The number of ether oxygens (including phenoxy) is 1. The van der Waals surface area contributed by atoms with Gasteiger partial charge >= 0.3 is 6.03 Å². The fourth-order valence-corrected chi connectivity index (χ4v) is 2.84. The first kappa shape index (κ1) is 18.9. The number of hydrogen-bond acceptors (Lipinski definition) is 3. The fourth-order valence-electron chi connectivity index (χ4n) is 2.84. The van der Waals surface area contributed by atoms with Gasteiger partial charge in [-0.3, -0.25) is 0 Å². The van der Waals surface area contributed by atoms with Gasteiger partial charge in [-0.15, -0.1) is 0 Å². The highest BCUT2D eigenvalue weighted by Gasteiger charge is 2.04. The van der Waals surface area contributed by atoms with Crippen LogP contribution in [0, 0.1) is 0 Å². The summed E-state index contributed by atoms with van der Waals surface area (Å²) < 4.78 is 5.24. The molecule has 0 aliphatic rings. The number of urea groups is 1. The Morgan fingerprint density at radius 2 is 1.93 bits per heavy atom. The Balaban J connectivity index is 1.43. The summed E-state index contributed by atoms with van der Waals surface area (Å²) in [7, 11) is 0. The average Bonchev–Trinajstić information content (AvgIpc) is 3.10. The number of H-pyrrole nitrogens is 1. The minimum atomic E-state index is -0.193. The molecule has 0 atom stereocenters. The Morgan fingerprint density at radius 1 is 1.11 bits per heavy atom. The van der Waals surface area contributed by atoms with Gasteiger partial charge in [-0.05, 0) is 49.6 Å². The molecule has 1 heterocycles. The lowest BCUT2D eigenvalue weighted by Crippen LogP contribution is -2.30. The van der Waals surface area contributed by atoms with Crippen molar-refractivity contribution >= 4 is 22.8 Å². The maximum absolute atomic E-state index is 11.9. The summed E-state index contributed by atoms with van der Waals surface area (Å²) in [5, 5.41) is 5.66. The molecule has 3 N–H and O–H groups in total. The van der Waals surface area contributed by atoms with E-state index in [4.69, 9.17) is 4.74 Å². The average molecular weight is 366 g/mol. The normalized spacial score (nSPS) is 10.9. The molecule has 3 rings (SSSR count). The number of para-hydroxylation sites is 2. The number of aryl methyl sites for hydroxylation is 2. The smallest absolute Gasteiger partial charge is 0.319 e. The van der Waals surface area contributed by atoms with E-state index in [0.717, 1.165) is 41.8 Å². The second-order valence-corrected chi connectivity index (χ2v) is 6.33. The Labute approximate surface area is 159 Å². The molecule has 0 saturated heterocycles. The van der Waals surface area contributed by atoms with Crippen LogP contribution in [0.1, 0.15) is 24.7 Å². The Hall–Kier alpha value is -2.86. The molecular formula is C21H26N4O2. The van der Waals surface area contributed by atoms with Crippen molar-refractivity contribution in [1.82, 2.24) is 15.3 Å². The number of rotatable bonds is 9. The van der Waals surface area contributed by atoms with Crippen LogP contribution in [0.25, 0.3) is 11.0 Å². The largest absolute Gasteiger partial charge is 0.382 e. The standard InChI is InChI=1S/C21H26N4O2/c1-2-27-15-5-14-22-21(26)23-17-11-8-16(9-12-17)10-13-20-24-18-6-3-4-7-19(18)25-20/h3-4,6-9,11-12H,2,5,10,13-15H2,1H3,(H,24,25)(H2,22,23,26). The summed E-state index contributed by atoms with van der Waals surface area (Å²) in [6.45, 7) is 3.92. The van der Waals surface area contributed by atoms with Gasteiger partial charge in [-0.25, -0.2) is 9.78 Å². The predicted molar refractivity (Wildman–Crippen MR) is 108 cm³/mol. The number of benzene rings is 2. The van der Waals surface area contributed by atoms with Crippen molar-refractivity contribution in [2.45, 2.75) is 26.2 Å². The molecule has 0 unspecified atom stereocenters. The third kappa shape index (κ3) is 5.82. The predicted octanol–water partition coefficient (Wildman–Crippen LogP) is 3.90. The highest BCUT2D eigenvalue weighted by molar-refractivity contribution is 5.89. The summed E-state index contributed by atoms with van der Waals surface area (Å²) >= 11 is 0. The van der Waals surface area contributed by atoms with E-state index < -0.39 is 0 Å². The van der Waals surface area contributed by atoms with Crippen LogP contribution in [-0.2, 0) is 17.6 Å². The monoisotopic (exact) mass is 366 g/mol. The third-order valence-electron chi connectivity index (χ3n) is 4.26. The number of amides is 2. The van der Waals surface area contributed by atoms with E-state index in [2.05, 4.69) is 20.6 Å². The van der Waals surface area contributed by atoms with E-state index in [1.165, 1.54) is 5.56 Å². The number of aromatic amines is 1. The summed E-state index contributed by atoms with van der Waals surface area (Å²) in [4.78, 5) is 19.8. The van der Waals surface area contributed by atoms with Crippen LogP contribution in [-0.4, -0.2) is 35.8 Å². The minimum absolute atomic E-state index is 0.193. The topological polar surface area (TPSA) is 79.0 Å². The quantitative estimate of drug-likeness (QED) is 0.503. The van der Waals surface area contributed by atoms with E-state index in [1.54, 1.807) is 0 Å². The molecule has 0 aliphatic heterocycles. The van der Waals surface area contributed by atoms with Crippen molar-refractivity contribution < 1.29 is 9.53 Å². The van der Waals surface area contributed by atoms with Gasteiger partial charge in [-0.2, -0.15) is 0 Å². The molecule has 0 saturated carbocycles. The Kier molecular flexibility index (Phi) is 6.82. The molecule has 1 aromatic heterocycles. The van der Waals surface area contributed by atoms with Gasteiger partial charge in [0.1, 0.15) is 5.82 Å². The molecule has 0 aliphatic carbocycles. The summed E-state index contributed by atoms with van der Waals surface area (Å²) in [6.07, 6.45) is 2.55. The van der Waals surface area contributed by atoms with Gasteiger partial charge in [0.2, 0.25) is 0 Å². The van der Waals surface area contributed by atoms with Crippen LogP contribution in [0.15, 0.2) is 48.5 Å². The lowest BCUT2D eigenvalue weighted by atomic mass is 10.1. The zero-order chi connectivity index (χ0) is 18.9. The minimum Gasteiger partial charge on any atom is -0.382 e. The van der Waals surface area contributed by atoms with Gasteiger partial charge in [0.05, 0.1) is 11.0 Å². The first-order valence-corrected chi connectivity index (χ1v) is 9.40. The molecule has 142 valence electrons. The molecule has 0 bridgehead atoms. The zero-order valence-corrected chi connectivity index (χ0v) is 15.6. The van der Waals surface area contributed by atoms with Gasteiger partial charge in [0.25, 0.3) is 0 Å². The molecule has 0 spiro atoms. The summed E-state index contributed by atoms with van der Waals surface area (Å²) in [5.74, 6) is 0.991. The molecule has 6 heteroatoms. The van der Waals surface area contributed by atoms with E-state index in [9.17, 15) is 4.79 Å². The lowest BCUT2D eigenvalue weighted by Gasteiger charge is -2.08. The number of carbonyl (C=O) groups excluding carboxylic acids is 1. The highest BCUT2D eigenvalue weighted by atomic mass is 16.5. The van der Waals surface area contributed by atoms with Crippen LogP contribution in [0.5, 0.6) is 0 Å². The molecule has 27 heavy (non-hydrogen) atoms. The highest BCUT2D eigenvalue weighted by Crippen LogP contribution is 2.14. The molecule has 2 aromatic carbocycles. The van der Waals surface area contributed by atoms with Crippen molar-refractivity contribution in [3.63, 3.8) is 0 Å². The fraction of sp³-hybridized carbons (Fsp3) is 0.333.